The van der Waals surface area contributed by atoms with Crippen LogP contribution in [0, 0.1) is 0 Å². The third-order valence-electron chi connectivity index (χ3n) is 4.56. The maximum Gasteiger partial charge on any atom is 0.407 e. The van der Waals surface area contributed by atoms with E-state index in [0.29, 0.717) is 31.0 Å². The SMILES string of the molecule is COc1ccc(CN2CCS[C@@H](C[C@@H](CO)NC(=O)OC(C)(C)C)C2=O)c(OC)c1. The van der Waals surface area contributed by atoms with Crippen LogP contribution in [0.2, 0.25) is 0 Å². The van der Waals surface area contributed by atoms with Gasteiger partial charge in [-0.25, -0.2) is 4.79 Å². The van der Waals surface area contributed by atoms with Gasteiger partial charge in [-0.2, -0.15) is 0 Å². The first-order valence-corrected chi connectivity index (χ1v) is 10.9. The van der Waals surface area contributed by atoms with Gasteiger partial charge in [0.1, 0.15) is 17.1 Å². The van der Waals surface area contributed by atoms with E-state index in [4.69, 9.17) is 14.2 Å². The number of nitrogens with one attached hydrogen (secondary N) is 1. The molecule has 1 aromatic carbocycles. The number of carbonyl (C=O) groups is 2. The van der Waals surface area contributed by atoms with Crippen molar-refractivity contribution in [3.63, 3.8) is 0 Å². The number of rotatable bonds is 8. The first kappa shape index (κ1) is 24.1. The zero-order valence-electron chi connectivity index (χ0n) is 18.3. The first-order chi connectivity index (χ1) is 14.2. The molecule has 168 valence electrons. The Balaban J connectivity index is 2.01. The fourth-order valence-corrected chi connectivity index (χ4v) is 4.39. The van der Waals surface area contributed by atoms with E-state index in [1.165, 1.54) is 11.8 Å². The molecule has 1 heterocycles. The Hall–Kier alpha value is -2.13. The molecule has 30 heavy (non-hydrogen) atoms. The topological polar surface area (TPSA) is 97.3 Å². The quantitative estimate of drug-likeness (QED) is 0.641. The van der Waals surface area contributed by atoms with E-state index in [1.54, 1.807) is 46.0 Å². The molecule has 0 aromatic heterocycles. The number of benzene rings is 1. The highest BCUT2D eigenvalue weighted by molar-refractivity contribution is 8.00. The maximum atomic E-state index is 13.0. The molecular formula is C21H32N2O6S. The number of nitrogens with zero attached hydrogens (tertiary/aromatic N) is 1. The maximum absolute atomic E-state index is 13.0. The van der Waals surface area contributed by atoms with Crippen molar-refractivity contribution in [2.24, 2.45) is 0 Å². The summed E-state index contributed by atoms with van der Waals surface area (Å²) in [6.07, 6.45) is -0.273. The summed E-state index contributed by atoms with van der Waals surface area (Å²) in [7, 11) is 3.18. The number of aliphatic hydroxyl groups is 1. The minimum Gasteiger partial charge on any atom is -0.497 e. The van der Waals surface area contributed by atoms with Gasteiger partial charge in [0, 0.05) is 30.5 Å². The van der Waals surface area contributed by atoms with Crippen LogP contribution in [0.3, 0.4) is 0 Å². The molecule has 1 aromatic rings. The molecule has 8 nitrogen and oxygen atoms in total. The van der Waals surface area contributed by atoms with Crippen molar-refractivity contribution in [3.8, 4) is 11.5 Å². The van der Waals surface area contributed by atoms with Crippen molar-refractivity contribution in [2.75, 3.05) is 33.1 Å². The molecule has 2 N–H and O–H groups in total. The van der Waals surface area contributed by atoms with Gasteiger partial charge >= 0.3 is 6.09 Å². The molecule has 9 heteroatoms. The lowest BCUT2D eigenvalue weighted by Gasteiger charge is -2.34. The Kier molecular flexibility index (Phi) is 8.66. The molecule has 2 atom stereocenters. The molecule has 0 radical (unpaired) electrons. The average molecular weight is 441 g/mol. The number of carbonyl (C=O) groups excluding carboxylic acids is 2. The fourth-order valence-electron chi connectivity index (χ4n) is 3.12. The van der Waals surface area contributed by atoms with Crippen LogP contribution in [0.25, 0.3) is 0 Å². The number of hydrogen-bond donors (Lipinski definition) is 2. The summed E-state index contributed by atoms with van der Waals surface area (Å²) in [5.41, 5.74) is 0.260. The summed E-state index contributed by atoms with van der Waals surface area (Å²) in [6.45, 7) is 6.09. The summed E-state index contributed by atoms with van der Waals surface area (Å²) in [5.74, 6) is 2.11. The average Bonchev–Trinajstić information content (AvgIpc) is 2.69. The monoisotopic (exact) mass is 440 g/mol. The first-order valence-electron chi connectivity index (χ1n) is 9.88. The van der Waals surface area contributed by atoms with Crippen LogP contribution in [0.4, 0.5) is 4.79 Å². The Labute approximate surface area is 182 Å². The summed E-state index contributed by atoms with van der Waals surface area (Å²) >= 11 is 1.54. The van der Waals surface area contributed by atoms with Crippen LogP contribution >= 0.6 is 11.8 Å². The van der Waals surface area contributed by atoms with Crippen molar-refractivity contribution in [1.29, 1.82) is 0 Å². The highest BCUT2D eigenvalue weighted by Gasteiger charge is 2.32. The van der Waals surface area contributed by atoms with Crippen LogP contribution in [-0.4, -0.2) is 72.0 Å². The predicted octanol–water partition coefficient (Wildman–Crippen LogP) is 2.42. The molecule has 0 saturated carbocycles. The number of amides is 2. The normalized spacial score (nSPS) is 18.0. The van der Waals surface area contributed by atoms with Crippen LogP contribution in [0.5, 0.6) is 11.5 Å². The minimum absolute atomic E-state index is 0.0199. The molecule has 0 spiro atoms. The van der Waals surface area contributed by atoms with Gasteiger partial charge in [0.05, 0.1) is 32.1 Å². The van der Waals surface area contributed by atoms with Crippen molar-refractivity contribution in [1.82, 2.24) is 10.2 Å². The van der Waals surface area contributed by atoms with Crippen LogP contribution in [0.1, 0.15) is 32.8 Å². The molecule has 1 aliphatic heterocycles. The van der Waals surface area contributed by atoms with E-state index < -0.39 is 17.7 Å². The molecule has 0 bridgehead atoms. The summed E-state index contributed by atoms with van der Waals surface area (Å²) in [6, 6.07) is 4.97. The Bertz CT molecular complexity index is 737. The Morgan fingerprint density at radius 1 is 1.33 bits per heavy atom. The van der Waals surface area contributed by atoms with Gasteiger partial charge in [-0.3, -0.25) is 4.79 Å². The van der Waals surface area contributed by atoms with Gasteiger partial charge < -0.3 is 29.5 Å². The third-order valence-corrected chi connectivity index (χ3v) is 5.78. The van der Waals surface area contributed by atoms with E-state index in [9.17, 15) is 14.7 Å². The van der Waals surface area contributed by atoms with E-state index in [0.717, 1.165) is 11.3 Å². The van der Waals surface area contributed by atoms with Crippen molar-refractivity contribution < 1.29 is 28.9 Å². The van der Waals surface area contributed by atoms with Gasteiger partial charge in [0.25, 0.3) is 0 Å². The molecular weight excluding hydrogens is 408 g/mol. The number of thioether (sulfide) groups is 1. The molecule has 1 fully saturated rings. The van der Waals surface area contributed by atoms with E-state index >= 15 is 0 Å². The molecule has 0 unspecified atom stereocenters. The van der Waals surface area contributed by atoms with Gasteiger partial charge in [0.15, 0.2) is 0 Å². The van der Waals surface area contributed by atoms with E-state index in [-0.39, 0.29) is 17.8 Å². The second kappa shape index (κ2) is 10.8. The van der Waals surface area contributed by atoms with E-state index in [1.807, 2.05) is 12.1 Å². The second-order valence-electron chi connectivity index (χ2n) is 8.06. The number of aliphatic hydroxyl groups excluding tert-OH is 1. The summed E-state index contributed by atoms with van der Waals surface area (Å²) in [4.78, 5) is 26.8. The van der Waals surface area contributed by atoms with Crippen LogP contribution in [-0.2, 0) is 16.1 Å². The Morgan fingerprint density at radius 2 is 2.07 bits per heavy atom. The lowest BCUT2D eigenvalue weighted by atomic mass is 10.1. The number of methoxy groups -OCH3 is 2. The van der Waals surface area contributed by atoms with Crippen LogP contribution in [0.15, 0.2) is 18.2 Å². The van der Waals surface area contributed by atoms with Gasteiger partial charge in [-0.1, -0.05) is 0 Å². The van der Waals surface area contributed by atoms with E-state index in [2.05, 4.69) is 5.32 Å². The number of alkyl carbamates (subject to hydrolysis) is 1. The smallest absolute Gasteiger partial charge is 0.407 e. The lowest BCUT2D eigenvalue weighted by molar-refractivity contribution is -0.131. The molecule has 1 saturated heterocycles. The number of hydrogen-bond acceptors (Lipinski definition) is 7. The summed E-state index contributed by atoms with van der Waals surface area (Å²) in [5, 5.41) is 12.0. The zero-order valence-corrected chi connectivity index (χ0v) is 19.1. The largest absolute Gasteiger partial charge is 0.497 e. The van der Waals surface area contributed by atoms with Crippen molar-refractivity contribution in [2.45, 2.75) is 50.6 Å². The molecule has 0 aliphatic carbocycles. The third kappa shape index (κ3) is 6.98. The molecule has 2 amide bonds. The van der Waals surface area contributed by atoms with Crippen molar-refractivity contribution in [3.05, 3.63) is 23.8 Å². The van der Waals surface area contributed by atoms with Crippen LogP contribution < -0.4 is 14.8 Å². The fraction of sp³-hybridized carbons (Fsp3) is 0.619. The Morgan fingerprint density at radius 3 is 2.67 bits per heavy atom. The standard InChI is InChI=1S/C21H32N2O6S/c1-21(2,3)29-20(26)22-15(13-24)10-18-19(25)23(8-9-30-18)12-14-6-7-16(27-4)11-17(14)28-5/h6-7,11,15,18,24H,8-10,12-13H2,1-5H3,(H,22,26)/t15-,18-/m0/s1. The van der Waals surface area contributed by atoms with Gasteiger partial charge in [0.2, 0.25) is 5.91 Å². The van der Waals surface area contributed by atoms with Crippen molar-refractivity contribution >= 4 is 23.8 Å². The lowest BCUT2D eigenvalue weighted by Crippen LogP contribution is -2.48. The molecule has 1 aliphatic rings. The van der Waals surface area contributed by atoms with Gasteiger partial charge in [-0.05, 0) is 39.3 Å². The molecule has 2 rings (SSSR count). The highest BCUT2D eigenvalue weighted by Crippen LogP contribution is 2.29. The summed E-state index contributed by atoms with van der Waals surface area (Å²) < 4.78 is 15.9. The zero-order chi connectivity index (χ0) is 22.3. The predicted molar refractivity (Wildman–Crippen MR) is 116 cm³/mol. The van der Waals surface area contributed by atoms with Gasteiger partial charge in [-0.15, -0.1) is 11.8 Å². The minimum atomic E-state index is -0.631. The second-order valence-corrected chi connectivity index (χ2v) is 9.37. The highest BCUT2D eigenvalue weighted by atomic mass is 32.2. The number of ether oxygens (including phenoxy) is 3.